The molecule has 0 aliphatic rings. The van der Waals surface area contributed by atoms with Crippen LogP contribution < -0.4 is 10.1 Å². The number of hydrogen-bond acceptors (Lipinski definition) is 3. The second kappa shape index (κ2) is 10.6. The molecule has 2 rings (SSSR count). The van der Waals surface area contributed by atoms with Crippen molar-refractivity contribution in [2.75, 3.05) is 14.2 Å². The second-order valence-corrected chi connectivity index (χ2v) is 7.56. The Kier molecular flexibility index (Phi) is 8.25. The molecule has 29 heavy (non-hydrogen) atoms. The lowest BCUT2D eigenvalue weighted by Gasteiger charge is -2.28. The van der Waals surface area contributed by atoms with E-state index in [-0.39, 0.29) is 11.8 Å². The molecule has 5 heteroatoms. The van der Waals surface area contributed by atoms with E-state index in [1.54, 1.807) is 26.0 Å². The van der Waals surface area contributed by atoms with Crippen molar-refractivity contribution in [2.45, 2.75) is 52.1 Å². The Bertz CT molecular complexity index is 798. The quantitative estimate of drug-likeness (QED) is 0.699. The minimum atomic E-state index is -0.544. The van der Waals surface area contributed by atoms with E-state index < -0.39 is 6.04 Å². The van der Waals surface area contributed by atoms with E-state index in [0.717, 1.165) is 16.9 Å². The summed E-state index contributed by atoms with van der Waals surface area (Å²) in [7, 11) is 3.21. The fourth-order valence-corrected chi connectivity index (χ4v) is 3.18. The molecule has 2 aromatic rings. The zero-order valence-corrected chi connectivity index (χ0v) is 18.1. The summed E-state index contributed by atoms with van der Waals surface area (Å²) in [6.45, 7) is 6.47. The highest BCUT2D eigenvalue weighted by molar-refractivity contribution is 5.87. The molecule has 0 radical (unpaired) electrons. The molecule has 1 atom stereocenters. The number of hydrogen-bond donors (Lipinski definition) is 1. The Morgan fingerprint density at radius 1 is 0.966 bits per heavy atom. The summed E-state index contributed by atoms with van der Waals surface area (Å²) in [5.41, 5.74) is 3.37. The first kappa shape index (κ1) is 22.5. The highest BCUT2D eigenvalue weighted by atomic mass is 16.5. The van der Waals surface area contributed by atoms with Crippen molar-refractivity contribution in [1.82, 2.24) is 10.2 Å². The molecular weight excluding hydrogens is 364 g/mol. The zero-order valence-electron chi connectivity index (χ0n) is 18.1. The van der Waals surface area contributed by atoms with E-state index in [1.807, 2.05) is 24.3 Å². The second-order valence-electron chi connectivity index (χ2n) is 7.56. The highest BCUT2D eigenvalue weighted by Crippen LogP contribution is 2.18. The predicted octanol–water partition coefficient (Wildman–Crippen LogP) is 3.91. The number of likely N-dealkylation sites (N-methyl/N-ethyl adjacent to an activating group) is 1. The van der Waals surface area contributed by atoms with Crippen LogP contribution in [0.1, 0.15) is 49.8 Å². The molecule has 0 aliphatic heterocycles. The van der Waals surface area contributed by atoms with Gasteiger partial charge in [0.05, 0.1) is 7.11 Å². The van der Waals surface area contributed by atoms with Gasteiger partial charge in [-0.05, 0) is 48.1 Å². The van der Waals surface area contributed by atoms with E-state index >= 15 is 0 Å². The maximum absolute atomic E-state index is 13.0. The lowest BCUT2D eigenvalue weighted by atomic mass is 10.00. The summed E-state index contributed by atoms with van der Waals surface area (Å²) in [6, 6.07) is 15.4. The van der Waals surface area contributed by atoms with E-state index in [9.17, 15) is 9.59 Å². The van der Waals surface area contributed by atoms with Gasteiger partial charge in [0.25, 0.3) is 0 Å². The van der Waals surface area contributed by atoms with Gasteiger partial charge in [0, 0.05) is 20.0 Å². The number of rotatable bonds is 9. The number of nitrogens with one attached hydrogen (secondary N) is 1. The average Bonchev–Trinajstić information content (AvgIpc) is 2.75. The number of ether oxygens (including phenoxy) is 1. The van der Waals surface area contributed by atoms with Crippen LogP contribution in [-0.4, -0.2) is 36.9 Å². The number of aryl methyl sites for hydroxylation is 1. The summed E-state index contributed by atoms with van der Waals surface area (Å²) in [5.74, 6) is 1.04. The van der Waals surface area contributed by atoms with Crippen LogP contribution in [0.15, 0.2) is 48.5 Å². The molecule has 5 nitrogen and oxygen atoms in total. The molecule has 156 valence electrons. The number of amides is 2. The van der Waals surface area contributed by atoms with Gasteiger partial charge in [0.2, 0.25) is 11.8 Å². The Balaban J connectivity index is 2.09. The van der Waals surface area contributed by atoms with Crippen molar-refractivity contribution in [3.63, 3.8) is 0 Å². The molecule has 0 aliphatic carbocycles. The van der Waals surface area contributed by atoms with Crippen molar-refractivity contribution in [3.05, 3.63) is 65.2 Å². The first-order valence-electron chi connectivity index (χ1n) is 10.1. The Hall–Kier alpha value is -2.82. The largest absolute Gasteiger partial charge is 0.497 e. The minimum absolute atomic E-state index is 0.0372. The molecule has 2 aromatic carbocycles. The monoisotopic (exact) mass is 396 g/mol. The van der Waals surface area contributed by atoms with Gasteiger partial charge in [-0.25, -0.2) is 0 Å². The number of carbonyl (C=O) groups is 2. The van der Waals surface area contributed by atoms with Crippen LogP contribution in [0, 0.1) is 0 Å². The molecule has 0 bridgehead atoms. The van der Waals surface area contributed by atoms with Crippen LogP contribution in [0.5, 0.6) is 5.75 Å². The predicted molar refractivity (Wildman–Crippen MR) is 116 cm³/mol. The Morgan fingerprint density at radius 3 is 2.07 bits per heavy atom. The normalized spacial score (nSPS) is 11.8. The van der Waals surface area contributed by atoms with Crippen molar-refractivity contribution < 1.29 is 14.3 Å². The first-order valence-corrected chi connectivity index (χ1v) is 10.1. The molecular formula is C24H32N2O3. The van der Waals surface area contributed by atoms with Gasteiger partial charge in [-0.15, -0.1) is 0 Å². The molecule has 0 saturated heterocycles. The van der Waals surface area contributed by atoms with Gasteiger partial charge in [-0.3, -0.25) is 9.59 Å². The van der Waals surface area contributed by atoms with Gasteiger partial charge >= 0.3 is 0 Å². The molecule has 1 N–H and O–H groups in total. The maximum Gasteiger partial charge on any atom is 0.242 e. The first-order chi connectivity index (χ1) is 13.8. The molecule has 0 spiro atoms. The fourth-order valence-electron chi connectivity index (χ4n) is 3.18. The van der Waals surface area contributed by atoms with E-state index in [1.165, 1.54) is 5.56 Å². The third-order valence-electron chi connectivity index (χ3n) is 5.20. The van der Waals surface area contributed by atoms with Crippen molar-refractivity contribution in [3.8, 4) is 5.75 Å². The average molecular weight is 397 g/mol. The number of nitrogens with zero attached hydrogens (tertiary/aromatic N) is 1. The van der Waals surface area contributed by atoms with Gasteiger partial charge in [0.1, 0.15) is 11.8 Å². The van der Waals surface area contributed by atoms with Crippen molar-refractivity contribution in [2.24, 2.45) is 0 Å². The third kappa shape index (κ3) is 6.34. The molecule has 0 fully saturated rings. The summed E-state index contributed by atoms with van der Waals surface area (Å²) in [4.78, 5) is 26.8. The molecule has 0 heterocycles. The van der Waals surface area contributed by atoms with Crippen LogP contribution >= 0.6 is 0 Å². The lowest BCUT2D eigenvalue weighted by Crippen LogP contribution is -2.46. The van der Waals surface area contributed by atoms with Gasteiger partial charge in [-0.1, -0.05) is 50.2 Å². The molecule has 0 saturated carbocycles. The van der Waals surface area contributed by atoms with Crippen LogP contribution in [-0.2, 0) is 22.6 Å². The van der Waals surface area contributed by atoms with E-state index in [2.05, 4.69) is 43.4 Å². The summed E-state index contributed by atoms with van der Waals surface area (Å²) in [6.07, 6.45) is 1.01. The van der Waals surface area contributed by atoms with Crippen LogP contribution in [0.3, 0.4) is 0 Å². The van der Waals surface area contributed by atoms with Gasteiger partial charge < -0.3 is 15.0 Å². The Labute approximate surface area is 174 Å². The zero-order chi connectivity index (χ0) is 21.4. The summed E-state index contributed by atoms with van der Waals surface area (Å²) >= 11 is 0. The molecule has 0 unspecified atom stereocenters. The van der Waals surface area contributed by atoms with Crippen LogP contribution in [0.2, 0.25) is 0 Å². The third-order valence-corrected chi connectivity index (χ3v) is 5.20. The standard InChI is InChI=1S/C24H32N2O3/c1-17(2)21-11-6-19(7-12-21)10-15-23(27)26(18(3)24(28)25-4)16-20-8-13-22(29-5)14-9-20/h6-9,11-14,17-18H,10,15-16H2,1-5H3,(H,25,28)/t18-/m1/s1. The molecule has 0 aromatic heterocycles. The van der Waals surface area contributed by atoms with Crippen LogP contribution in [0.25, 0.3) is 0 Å². The van der Waals surface area contributed by atoms with Crippen molar-refractivity contribution >= 4 is 11.8 Å². The van der Waals surface area contributed by atoms with Gasteiger partial charge in [0.15, 0.2) is 0 Å². The SMILES string of the molecule is CNC(=O)[C@@H](C)N(Cc1ccc(OC)cc1)C(=O)CCc1ccc(C(C)C)cc1. The fraction of sp³-hybridized carbons (Fsp3) is 0.417. The number of benzene rings is 2. The topological polar surface area (TPSA) is 58.6 Å². The molecule has 2 amide bonds. The number of methoxy groups -OCH3 is 1. The number of carbonyl (C=O) groups excluding carboxylic acids is 2. The van der Waals surface area contributed by atoms with Gasteiger partial charge in [-0.2, -0.15) is 0 Å². The maximum atomic E-state index is 13.0. The smallest absolute Gasteiger partial charge is 0.242 e. The Morgan fingerprint density at radius 2 is 1.55 bits per heavy atom. The van der Waals surface area contributed by atoms with E-state index in [0.29, 0.717) is 25.3 Å². The van der Waals surface area contributed by atoms with Crippen molar-refractivity contribution in [1.29, 1.82) is 0 Å². The summed E-state index contributed by atoms with van der Waals surface area (Å²) in [5, 5.41) is 2.64. The summed E-state index contributed by atoms with van der Waals surface area (Å²) < 4.78 is 5.19. The lowest BCUT2D eigenvalue weighted by molar-refractivity contribution is -0.140. The van der Waals surface area contributed by atoms with E-state index in [4.69, 9.17) is 4.74 Å². The van der Waals surface area contributed by atoms with Crippen LogP contribution in [0.4, 0.5) is 0 Å². The minimum Gasteiger partial charge on any atom is -0.497 e. The highest BCUT2D eigenvalue weighted by Gasteiger charge is 2.25.